The Labute approximate surface area is 213 Å². The van der Waals surface area contributed by atoms with Crippen LogP contribution >= 0.6 is 0 Å². The van der Waals surface area contributed by atoms with Crippen LogP contribution in [0.15, 0.2) is 109 Å². The summed E-state index contributed by atoms with van der Waals surface area (Å²) >= 11 is 0. The highest BCUT2D eigenvalue weighted by atomic mass is 14.2. The number of hydrogen-bond acceptors (Lipinski definition) is 0. The Kier molecular flexibility index (Phi) is 5.46. The number of benzene rings is 6. The predicted octanol–water partition coefficient (Wildman–Crippen LogP) is 10.2. The van der Waals surface area contributed by atoms with Crippen LogP contribution in [0.3, 0.4) is 0 Å². The molecule has 0 amide bonds. The van der Waals surface area contributed by atoms with Gasteiger partial charge in [-0.25, -0.2) is 0 Å². The molecule has 0 radical (unpaired) electrons. The van der Waals surface area contributed by atoms with E-state index in [1.54, 1.807) is 0 Å². The molecule has 36 heavy (non-hydrogen) atoms. The Morgan fingerprint density at radius 2 is 0.778 bits per heavy atom. The average molecular weight is 463 g/mol. The molecule has 0 N–H and O–H groups in total. The molecule has 6 rings (SSSR count). The van der Waals surface area contributed by atoms with Gasteiger partial charge >= 0.3 is 0 Å². The van der Waals surface area contributed by atoms with E-state index in [9.17, 15) is 0 Å². The summed E-state index contributed by atoms with van der Waals surface area (Å²) in [5, 5.41) is 5.13. The van der Waals surface area contributed by atoms with E-state index in [1.165, 1.54) is 77.2 Å². The first-order valence-corrected chi connectivity index (χ1v) is 12.7. The largest absolute Gasteiger partial charge is 0.0622 e. The maximum atomic E-state index is 2.37. The maximum absolute atomic E-state index is 2.37. The first kappa shape index (κ1) is 22.3. The van der Waals surface area contributed by atoms with E-state index >= 15 is 0 Å². The molecule has 0 saturated heterocycles. The van der Waals surface area contributed by atoms with Crippen LogP contribution in [0.2, 0.25) is 0 Å². The molecule has 6 aromatic rings. The van der Waals surface area contributed by atoms with Gasteiger partial charge in [0.25, 0.3) is 0 Å². The summed E-state index contributed by atoms with van der Waals surface area (Å²) < 4.78 is 0. The van der Waals surface area contributed by atoms with Gasteiger partial charge in [0, 0.05) is 0 Å². The van der Waals surface area contributed by atoms with Crippen LogP contribution in [-0.4, -0.2) is 0 Å². The maximum Gasteiger partial charge on any atom is -0.00268 e. The molecule has 0 spiro atoms. The van der Waals surface area contributed by atoms with Crippen molar-refractivity contribution < 1.29 is 0 Å². The van der Waals surface area contributed by atoms with Crippen LogP contribution < -0.4 is 0 Å². The SMILES string of the molecule is Cc1cc(C)cc(-c2ccc3c(-c4ccccc4)c4ccc(-c5cc(C)cc(C)c5)cc4cc3c2)c1. The second-order valence-electron chi connectivity index (χ2n) is 10.2. The van der Waals surface area contributed by atoms with Gasteiger partial charge in [-0.15, -0.1) is 0 Å². The fraction of sp³-hybridized carbons (Fsp3) is 0.111. The van der Waals surface area contributed by atoms with Gasteiger partial charge in [-0.05, 0) is 101 Å². The molecule has 6 aromatic carbocycles. The molecule has 0 aromatic heterocycles. The van der Waals surface area contributed by atoms with Crippen molar-refractivity contribution >= 4 is 21.5 Å². The number of rotatable bonds is 3. The smallest absolute Gasteiger partial charge is 0.00268 e. The molecule has 0 heterocycles. The highest BCUT2D eigenvalue weighted by Gasteiger charge is 2.13. The van der Waals surface area contributed by atoms with E-state index in [4.69, 9.17) is 0 Å². The monoisotopic (exact) mass is 462 g/mol. The van der Waals surface area contributed by atoms with Crippen molar-refractivity contribution in [1.29, 1.82) is 0 Å². The Morgan fingerprint density at radius 1 is 0.333 bits per heavy atom. The summed E-state index contributed by atoms with van der Waals surface area (Å²) in [4.78, 5) is 0. The van der Waals surface area contributed by atoms with Crippen LogP contribution in [0.4, 0.5) is 0 Å². The predicted molar refractivity (Wildman–Crippen MR) is 157 cm³/mol. The number of aryl methyl sites for hydroxylation is 4. The first-order valence-electron chi connectivity index (χ1n) is 12.7. The molecule has 174 valence electrons. The minimum atomic E-state index is 1.26. The standard InChI is InChI=1S/C36H30/c1-23-14-24(2)17-30(16-23)28-10-12-34-32(20-28)22-33-21-29(31-18-25(3)15-26(4)19-31)11-13-35(33)36(34)27-8-6-5-7-9-27/h5-22H,1-4H3. The molecule has 0 atom stereocenters. The third kappa shape index (κ3) is 4.10. The van der Waals surface area contributed by atoms with Gasteiger partial charge < -0.3 is 0 Å². The number of hydrogen-bond donors (Lipinski definition) is 0. The first-order chi connectivity index (χ1) is 17.4. The minimum Gasteiger partial charge on any atom is -0.0622 e. The summed E-state index contributed by atoms with van der Waals surface area (Å²) in [5.41, 5.74) is 12.8. The summed E-state index contributed by atoms with van der Waals surface area (Å²) in [5.74, 6) is 0. The van der Waals surface area contributed by atoms with E-state index in [0.29, 0.717) is 0 Å². The van der Waals surface area contributed by atoms with Crippen molar-refractivity contribution in [2.24, 2.45) is 0 Å². The summed E-state index contributed by atoms with van der Waals surface area (Å²) in [6.45, 7) is 8.69. The zero-order chi connectivity index (χ0) is 24.8. The Hall–Kier alpha value is -4.16. The molecule has 0 aliphatic rings. The van der Waals surface area contributed by atoms with E-state index in [0.717, 1.165) is 0 Å². The Morgan fingerprint density at radius 3 is 1.22 bits per heavy atom. The van der Waals surface area contributed by atoms with Gasteiger partial charge in [0.2, 0.25) is 0 Å². The molecule has 0 nitrogen and oxygen atoms in total. The lowest BCUT2D eigenvalue weighted by molar-refractivity contribution is 1.38. The van der Waals surface area contributed by atoms with E-state index < -0.39 is 0 Å². The van der Waals surface area contributed by atoms with Gasteiger partial charge in [-0.3, -0.25) is 0 Å². The molecule has 0 fully saturated rings. The van der Waals surface area contributed by atoms with Crippen molar-refractivity contribution in [3.63, 3.8) is 0 Å². The molecule has 0 aliphatic carbocycles. The molecule has 0 unspecified atom stereocenters. The van der Waals surface area contributed by atoms with Gasteiger partial charge in [0.1, 0.15) is 0 Å². The van der Waals surface area contributed by atoms with Crippen LogP contribution in [0.25, 0.3) is 54.9 Å². The third-order valence-corrected chi connectivity index (χ3v) is 7.13. The van der Waals surface area contributed by atoms with E-state index in [2.05, 4.69) is 137 Å². The van der Waals surface area contributed by atoms with Crippen molar-refractivity contribution in [3.8, 4) is 33.4 Å². The molecule has 0 aliphatic heterocycles. The lowest BCUT2D eigenvalue weighted by Gasteiger charge is -2.15. The quantitative estimate of drug-likeness (QED) is 0.229. The van der Waals surface area contributed by atoms with Gasteiger partial charge in [0.15, 0.2) is 0 Å². The van der Waals surface area contributed by atoms with Crippen LogP contribution in [0.1, 0.15) is 22.3 Å². The lowest BCUT2D eigenvalue weighted by Crippen LogP contribution is -1.89. The number of fused-ring (bicyclic) bond motifs is 2. The van der Waals surface area contributed by atoms with Crippen molar-refractivity contribution in [3.05, 3.63) is 131 Å². The van der Waals surface area contributed by atoms with Crippen molar-refractivity contribution in [2.45, 2.75) is 27.7 Å². The molecular weight excluding hydrogens is 432 g/mol. The average Bonchev–Trinajstić information content (AvgIpc) is 2.86. The van der Waals surface area contributed by atoms with Gasteiger partial charge in [0.05, 0.1) is 0 Å². The zero-order valence-electron chi connectivity index (χ0n) is 21.4. The van der Waals surface area contributed by atoms with Crippen LogP contribution in [0, 0.1) is 27.7 Å². The lowest BCUT2D eigenvalue weighted by atomic mass is 9.89. The van der Waals surface area contributed by atoms with Gasteiger partial charge in [-0.1, -0.05) is 113 Å². The van der Waals surface area contributed by atoms with E-state index in [1.807, 2.05) is 0 Å². The highest BCUT2D eigenvalue weighted by molar-refractivity contribution is 6.14. The van der Waals surface area contributed by atoms with Gasteiger partial charge in [-0.2, -0.15) is 0 Å². The molecular formula is C36H30. The summed E-state index contributed by atoms with van der Waals surface area (Å²) in [7, 11) is 0. The van der Waals surface area contributed by atoms with Crippen molar-refractivity contribution in [2.75, 3.05) is 0 Å². The summed E-state index contributed by atoms with van der Waals surface area (Å²) in [6.07, 6.45) is 0. The Bertz CT molecular complexity index is 1600. The van der Waals surface area contributed by atoms with Crippen molar-refractivity contribution in [1.82, 2.24) is 0 Å². The normalized spacial score (nSPS) is 11.3. The fourth-order valence-electron chi connectivity index (χ4n) is 5.69. The fourth-order valence-corrected chi connectivity index (χ4v) is 5.69. The second-order valence-corrected chi connectivity index (χ2v) is 10.2. The molecule has 0 heteroatoms. The topological polar surface area (TPSA) is 0 Å². The Balaban J connectivity index is 1.63. The van der Waals surface area contributed by atoms with E-state index in [-0.39, 0.29) is 0 Å². The third-order valence-electron chi connectivity index (χ3n) is 7.13. The molecule has 0 bridgehead atoms. The van der Waals surface area contributed by atoms with Crippen LogP contribution in [-0.2, 0) is 0 Å². The highest BCUT2D eigenvalue weighted by Crippen LogP contribution is 2.39. The second kappa shape index (κ2) is 8.81. The molecule has 0 saturated carbocycles. The van der Waals surface area contributed by atoms with Crippen LogP contribution in [0.5, 0.6) is 0 Å². The summed E-state index contributed by atoms with van der Waals surface area (Å²) in [6, 6.07) is 40.7. The minimum absolute atomic E-state index is 1.26. The zero-order valence-corrected chi connectivity index (χ0v) is 21.4.